The molecule has 12 heavy (non-hydrogen) atoms. The van der Waals surface area contributed by atoms with Crippen molar-refractivity contribution in [3.8, 4) is 0 Å². The lowest BCUT2D eigenvalue weighted by atomic mass is 10.2. The van der Waals surface area contributed by atoms with Gasteiger partial charge in [-0.3, -0.25) is 0 Å². The van der Waals surface area contributed by atoms with Gasteiger partial charge in [0.2, 0.25) is 0 Å². The number of carboxylic acid groups (broad SMARTS) is 1. The van der Waals surface area contributed by atoms with Crippen molar-refractivity contribution in [3.05, 3.63) is 23.0 Å². The largest absolute Gasteiger partial charge is 0.477 e. The Balaban J connectivity index is 2.38. The van der Waals surface area contributed by atoms with Crippen LogP contribution in [-0.2, 0) is 17.8 Å². The number of aromatic carboxylic acids is 1. The van der Waals surface area contributed by atoms with Gasteiger partial charge in [-0.05, 0) is 11.6 Å². The predicted molar refractivity (Wildman–Crippen MR) is 41.1 cm³/mol. The summed E-state index contributed by atoms with van der Waals surface area (Å²) in [6.07, 6.45) is 0.780. The van der Waals surface area contributed by atoms with Crippen molar-refractivity contribution in [2.24, 2.45) is 0 Å². The van der Waals surface area contributed by atoms with Crippen LogP contribution >= 0.6 is 0 Å². The second-order valence-electron chi connectivity index (χ2n) is 2.79. The van der Waals surface area contributed by atoms with E-state index in [1.807, 2.05) is 0 Å². The van der Waals surface area contributed by atoms with E-state index in [2.05, 4.69) is 4.98 Å². The second kappa shape index (κ2) is 2.64. The summed E-state index contributed by atoms with van der Waals surface area (Å²) in [7, 11) is 0. The molecule has 0 atom stereocenters. The molecule has 0 saturated carbocycles. The van der Waals surface area contributed by atoms with Gasteiger partial charge in [0.05, 0.1) is 13.2 Å². The van der Waals surface area contributed by atoms with Crippen molar-refractivity contribution in [2.75, 3.05) is 6.61 Å². The minimum absolute atomic E-state index is 0.255. The zero-order valence-corrected chi connectivity index (χ0v) is 6.46. The van der Waals surface area contributed by atoms with Gasteiger partial charge in [-0.25, -0.2) is 4.79 Å². The van der Waals surface area contributed by atoms with Gasteiger partial charge in [-0.2, -0.15) is 0 Å². The summed E-state index contributed by atoms with van der Waals surface area (Å²) in [6.45, 7) is 1.20. The number of aromatic nitrogens is 1. The number of hydrogen-bond donors (Lipinski definition) is 2. The van der Waals surface area contributed by atoms with Gasteiger partial charge >= 0.3 is 5.97 Å². The van der Waals surface area contributed by atoms with Crippen LogP contribution in [0, 0.1) is 0 Å². The Hall–Kier alpha value is -1.29. The third-order valence-electron chi connectivity index (χ3n) is 1.98. The summed E-state index contributed by atoms with van der Waals surface area (Å²) < 4.78 is 5.18. The molecule has 0 fully saturated rings. The Morgan fingerprint density at radius 3 is 3.17 bits per heavy atom. The van der Waals surface area contributed by atoms with E-state index in [1.165, 1.54) is 0 Å². The van der Waals surface area contributed by atoms with Gasteiger partial charge in [0.25, 0.3) is 0 Å². The summed E-state index contributed by atoms with van der Waals surface area (Å²) in [4.78, 5) is 13.4. The number of nitrogens with one attached hydrogen (secondary N) is 1. The van der Waals surface area contributed by atoms with E-state index >= 15 is 0 Å². The summed E-state index contributed by atoms with van der Waals surface area (Å²) in [5.74, 6) is -0.913. The minimum atomic E-state index is -0.913. The molecule has 0 amide bonds. The summed E-state index contributed by atoms with van der Waals surface area (Å²) in [6, 6.07) is 1.64. The van der Waals surface area contributed by atoms with E-state index in [-0.39, 0.29) is 5.69 Å². The number of H-pyrrole nitrogens is 1. The maximum atomic E-state index is 10.5. The number of hydrogen-bond acceptors (Lipinski definition) is 2. The first-order valence-corrected chi connectivity index (χ1v) is 3.79. The molecule has 1 aromatic rings. The second-order valence-corrected chi connectivity index (χ2v) is 2.79. The van der Waals surface area contributed by atoms with E-state index in [9.17, 15) is 4.79 Å². The number of rotatable bonds is 1. The molecule has 0 aromatic carbocycles. The van der Waals surface area contributed by atoms with Crippen LogP contribution in [-0.4, -0.2) is 22.7 Å². The van der Waals surface area contributed by atoms with Crippen molar-refractivity contribution >= 4 is 5.97 Å². The highest BCUT2D eigenvalue weighted by Gasteiger charge is 2.15. The molecule has 0 radical (unpaired) electrons. The standard InChI is InChI=1S/C8H9NO3/c10-8(11)7-3-5-4-12-2-1-6(5)9-7/h3,9H,1-2,4H2,(H,10,11). The number of ether oxygens (including phenoxy) is 1. The fraction of sp³-hybridized carbons (Fsp3) is 0.375. The molecule has 0 unspecified atom stereocenters. The fourth-order valence-electron chi connectivity index (χ4n) is 1.36. The maximum Gasteiger partial charge on any atom is 0.352 e. The molecule has 0 spiro atoms. The number of fused-ring (bicyclic) bond motifs is 1. The minimum Gasteiger partial charge on any atom is -0.477 e. The highest BCUT2D eigenvalue weighted by molar-refractivity contribution is 5.86. The molecule has 2 N–H and O–H groups in total. The quantitative estimate of drug-likeness (QED) is 0.649. The van der Waals surface area contributed by atoms with Crippen molar-refractivity contribution in [1.29, 1.82) is 0 Å². The highest BCUT2D eigenvalue weighted by Crippen LogP contribution is 2.17. The predicted octanol–water partition coefficient (Wildman–Crippen LogP) is 0.786. The molecule has 0 saturated heterocycles. The van der Waals surface area contributed by atoms with Crippen LogP contribution in [0.2, 0.25) is 0 Å². The first-order valence-electron chi connectivity index (χ1n) is 3.79. The van der Waals surface area contributed by atoms with Gasteiger partial charge in [0.1, 0.15) is 5.69 Å². The topological polar surface area (TPSA) is 62.3 Å². The third kappa shape index (κ3) is 1.10. The van der Waals surface area contributed by atoms with Crippen molar-refractivity contribution < 1.29 is 14.6 Å². The highest BCUT2D eigenvalue weighted by atomic mass is 16.5. The van der Waals surface area contributed by atoms with Crippen molar-refractivity contribution in [2.45, 2.75) is 13.0 Å². The Morgan fingerprint density at radius 1 is 1.67 bits per heavy atom. The molecule has 2 heterocycles. The van der Waals surface area contributed by atoms with Crippen molar-refractivity contribution in [1.82, 2.24) is 4.98 Å². The van der Waals surface area contributed by atoms with Crippen LogP contribution < -0.4 is 0 Å². The van der Waals surface area contributed by atoms with Gasteiger partial charge in [-0.1, -0.05) is 0 Å². The van der Waals surface area contributed by atoms with E-state index < -0.39 is 5.97 Å². The molecule has 1 aromatic heterocycles. The first kappa shape index (κ1) is 7.36. The van der Waals surface area contributed by atoms with Gasteiger partial charge in [-0.15, -0.1) is 0 Å². The summed E-state index contributed by atoms with van der Waals surface area (Å²) in [5, 5.41) is 8.66. The third-order valence-corrected chi connectivity index (χ3v) is 1.98. The molecule has 0 bridgehead atoms. The first-order chi connectivity index (χ1) is 5.77. The molecule has 4 nitrogen and oxygen atoms in total. The molecule has 1 aliphatic heterocycles. The maximum absolute atomic E-state index is 10.5. The Kier molecular flexibility index (Phi) is 1.62. The molecule has 1 aliphatic rings. The molecule has 64 valence electrons. The van der Waals surface area contributed by atoms with Gasteiger partial charge in [0.15, 0.2) is 0 Å². The summed E-state index contributed by atoms with van der Waals surface area (Å²) >= 11 is 0. The molecular weight excluding hydrogens is 158 g/mol. The molecule has 0 aliphatic carbocycles. The number of aromatic amines is 1. The lowest BCUT2D eigenvalue weighted by Gasteiger charge is -2.10. The van der Waals surface area contributed by atoms with E-state index in [0.717, 1.165) is 17.7 Å². The van der Waals surface area contributed by atoms with Crippen molar-refractivity contribution in [3.63, 3.8) is 0 Å². The van der Waals surface area contributed by atoms with E-state index in [4.69, 9.17) is 9.84 Å². The van der Waals surface area contributed by atoms with E-state index in [1.54, 1.807) is 6.07 Å². The Bertz CT molecular complexity index is 293. The van der Waals surface area contributed by atoms with Crippen LogP contribution in [0.3, 0.4) is 0 Å². The summed E-state index contributed by atoms with van der Waals surface area (Å²) in [5.41, 5.74) is 2.22. The van der Waals surface area contributed by atoms with E-state index in [0.29, 0.717) is 13.2 Å². The molecule has 2 rings (SSSR count). The van der Waals surface area contributed by atoms with Crippen LogP contribution in [0.15, 0.2) is 6.07 Å². The smallest absolute Gasteiger partial charge is 0.352 e. The number of carboxylic acids is 1. The SMILES string of the molecule is O=C(O)c1cc2c([nH]1)CCOC2. The Labute approximate surface area is 69.2 Å². The monoisotopic (exact) mass is 167 g/mol. The normalized spacial score (nSPS) is 15.7. The van der Waals surface area contributed by atoms with Gasteiger partial charge < -0.3 is 14.8 Å². The van der Waals surface area contributed by atoms with Crippen LogP contribution in [0.1, 0.15) is 21.7 Å². The number of carbonyl (C=O) groups is 1. The fourth-order valence-corrected chi connectivity index (χ4v) is 1.36. The lowest BCUT2D eigenvalue weighted by molar-refractivity contribution is 0.0691. The zero-order chi connectivity index (χ0) is 8.55. The Morgan fingerprint density at radius 2 is 2.50 bits per heavy atom. The van der Waals surface area contributed by atoms with Gasteiger partial charge in [0, 0.05) is 12.1 Å². The molecular formula is C8H9NO3. The van der Waals surface area contributed by atoms with Crippen LogP contribution in [0.5, 0.6) is 0 Å². The molecule has 4 heteroatoms. The zero-order valence-electron chi connectivity index (χ0n) is 6.46. The average Bonchev–Trinajstić information content (AvgIpc) is 2.46. The lowest BCUT2D eigenvalue weighted by Crippen LogP contribution is -2.07. The average molecular weight is 167 g/mol. The van der Waals surface area contributed by atoms with Crippen LogP contribution in [0.4, 0.5) is 0 Å². The van der Waals surface area contributed by atoms with Crippen LogP contribution in [0.25, 0.3) is 0 Å².